The van der Waals surface area contributed by atoms with Gasteiger partial charge in [-0.05, 0) is 42.2 Å². The standard InChI is InChI=1S/C23H25N3O5/c1-23(17-11-10-15-6-2-3-7-16(15)12-17)21(29)26(22(30)25-23)13-20(28)31-14-19(27)24-18-8-4-5-9-18/h2-3,6-7,10-12,18H,4-5,8-9,13-14H2,1H3,(H,24,27)(H,25,30)/t23-/m1/s1. The van der Waals surface area contributed by atoms with E-state index in [0.29, 0.717) is 5.56 Å². The molecule has 2 aromatic rings. The number of hydrogen-bond acceptors (Lipinski definition) is 5. The summed E-state index contributed by atoms with van der Waals surface area (Å²) in [4.78, 5) is 50.4. The third-order valence-electron chi connectivity index (χ3n) is 5.97. The molecule has 2 aliphatic rings. The van der Waals surface area contributed by atoms with E-state index in [1.54, 1.807) is 13.0 Å². The maximum atomic E-state index is 13.0. The number of carbonyl (C=O) groups excluding carboxylic acids is 4. The molecule has 0 spiro atoms. The number of benzene rings is 2. The van der Waals surface area contributed by atoms with Gasteiger partial charge in [-0.25, -0.2) is 4.79 Å². The highest BCUT2D eigenvalue weighted by Crippen LogP contribution is 2.31. The molecule has 0 aromatic heterocycles. The molecule has 1 aliphatic carbocycles. The second kappa shape index (κ2) is 8.37. The number of imide groups is 1. The van der Waals surface area contributed by atoms with E-state index in [4.69, 9.17) is 4.74 Å². The molecule has 1 saturated heterocycles. The van der Waals surface area contributed by atoms with E-state index in [1.807, 2.05) is 36.4 Å². The van der Waals surface area contributed by atoms with Gasteiger partial charge in [-0.1, -0.05) is 49.2 Å². The van der Waals surface area contributed by atoms with Crippen LogP contribution in [-0.4, -0.2) is 47.9 Å². The van der Waals surface area contributed by atoms with Crippen LogP contribution in [0.4, 0.5) is 4.79 Å². The fourth-order valence-electron chi connectivity index (χ4n) is 4.20. The first-order valence-electron chi connectivity index (χ1n) is 10.5. The normalized spacial score (nSPS) is 21.4. The molecule has 2 N–H and O–H groups in total. The molecule has 0 bridgehead atoms. The Bertz CT molecular complexity index is 1050. The predicted octanol–water partition coefficient (Wildman–Crippen LogP) is 2.21. The summed E-state index contributed by atoms with van der Waals surface area (Å²) in [5, 5.41) is 7.45. The van der Waals surface area contributed by atoms with Crippen molar-refractivity contribution >= 4 is 34.6 Å². The molecule has 162 valence electrons. The van der Waals surface area contributed by atoms with Crippen LogP contribution < -0.4 is 10.6 Å². The summed E-state index contributed by atoms with van der Waals surface area (Å²) < 4.78 is 4.98. The smallest absolute Gasteiger partial charge is 0.326 e. The second-order valence-electron chi connectivity index (χ2n) is 8.22. The molecule has 31 heavy (non-hydrogen) atoms. The second-order valence-corrected chi connectivity index (χ2v) is 8.22. The fraction of sp³-hybridized carbons (Fsp3) is 0.391. The molecular formula is C23H25N3O5. The Hall–Kier alpha value is -3.42. The van der Waals surface area contributed by atoms with Gasteiger partial charge in [0.15, 0.2) is 6.61 Å². The summed E-state index contributed by atoms with van der Waals surface area (Å²) >= 11 is 0. The number of esters is 1. The van der Waals surface area contributed by atoms with Gasteiger partial charge in [0, 0.05) is 6.04 Å². The minimum Gasteiger partial charge on any atom is -0.454 e. The van der Waals surface area contributed by atoms with Crippen LogP contribution in [0.3, 0.4) is 0 Å². The molecule has 8 heteroatoms. The number of nitrogens with zero attached hydrogens (tertiary/aromatic N) is 1. The highest BCUT2D eigenvalue weighted by atomic mass is 16.5. The molecule has 0 radical (unpaired) electrons. The van der Waals surface area contributed by atoms with Crippen molar-refractivity contribution in [3.8, 4) is 0 Å². The highest BCUT2D eigenvalue weighted by molar-refractivity contribution is 6.09. The lowest BCUT2D eigenvalue weighted by Gasteiger charge is -2.22. The number of urea groups is 1. The fourth-order valence-corrected chi connectivity index (χ4v) is 4.20. The van der Waals surface area contributed by atoms with Crippen LogP contribution in [0.2, 0.25) is 0 Å². The summed E-state index contributed by atoms with van der Waals surface area (Å²) in [6, 6.07) is 12.7. The van der Waals surface area contributed by atoms with Crippen LogP contribution >= 0.6 is 0 Å². The summed E-state index contributed by atoms with van der Waals surface area (Å²) in [5.74, 6) is -1.73. The predicted molar refractivity (Wildman–Crippen MR) is 113 cm³/mol. The summed E-state index contributed by atoms with van der Waals surface area (Å²) in [5.41, 5.74) is -0.669. The molecule has 2 fully saturated rings. The third kappa shape index (κ3) is 4.23. The Morgan fingerprint density at radius 3 is 2.58 bits per heavy atom. The van der Waals surface area contributed by atoms with Crippen molar-refractivity contribution in [3.63, 3.8) is 0 Å². The van der Waals surface area contributed by atoms with Gasteiger partial charge in [0.1, 0.15) is 12.1 Å². The molecular weight excluding hydrogens is 398 g/mol. The largest absolute Gasteiger partial charge is 0.454 e. The quantitative estimate of drug-likeness (QED) is 0.548. The molecule has 4 amide bonds. The molecule has 2 aromatic carbocycles. The van der Waals surface area contributed by atoms with Crippen molar-refractivity contribution in [1.82, 2.24) is 15.5 Å². The first-order chi connectivity index (χ1) is 14.9. The third-order valence-corrected chi connectivity index (χ3v) is 5.97. The first kappa shape index (κ1) is 20.8. The molecule has 1 saturated carbocycles. The average molecular weight is 423 g/mol. The molecule has 0 unspecified atom stereocenters. The number of ether oxygens (including phenoxy) is 1. The van der Waals surface area contributed by atoms with Crippen LogP contribution in [0.5, 0.6) is 0 Å². The van der Waals surface area contributed by atoms with Crippen molar-refractivity contribution in [2.24, 2.45) is 0 Å². The van der Waals surface area contributed by atoms with E-state index in [1.165, 1.54) is 0 Å². The summed E-state index contributed by atoms with van der Waals surface area (Å²) in [7, 11) is 0. The van der Waals surface area contributed by atoms with Crippen LogP contribution in [0, 0.1) is 0 Å². The molecule has 1 atom stereocenters. The number of rotatable bonds is 6. The maximum absolute atomic E-state index is 13.0. The Kier molecular flexibility index (Phi) is 5.63. The lowest BCUT2D eigenvalue weighted by atomic mass is 9.90. The molecule has 1 heterocycles. The van der Waals surface area contributed by atoms with Gasteiger partial charge in [-0.2, -0.15) is 0 Å². The minimum atomic E-state index is -1.29. The molecule has 8 nitrogen and oxygen atoms in total. The topological polar surface area (TPSA) is 105 Å². The number of nitrogens with one attached hydrogen (secondary N) is 2. The van der Waals surface area contributed by atoms with E-state index in [2.05, 4.69) is 10.6 Å². The average Bonchev–Trinajstić information content (AvgIpc) is 3.34. The first-order valence-corrected chi connectivity index (χ1v) is 10.5. The van der Waals surface area contributed by atoms with Gasteiger partial charge in [0.2, 0.25) is 0 Å². The number of carbonyl (C=O) groups is 4. The van der Waals surface area contributed by atoms with Gasteiger partial charge < -0.3 is 15.4 Å². The van der Waals surface area contributed by atoms with E-state index in [-0.39, 0.29) is 11.9 Å². The maximum Gasteiger partial charge on any atom is 0.326 e. The van der Waals surface area contributed by atoms with E-state index < -0.39 is 36.6 Å². The van der Waals surface area contributed by atoms with Gasteiger partial charge >= 0.3 is 12.0 Å². The Balaban J connectivity index is 1.39. The van der Waals surface area contributed by atoms with Gasteiger partial charge in [0.25, 0.3) is 11.8 Å². The molecule has 4 rings (SSSR count). The highest BCUT2D eigenvalue weighted by Gasteiger charge is 2.49. The Morgan fingerprint density at radius 2 is 1.84 bits per heavy atom. The lowest BCUT2D eigenvalue weighted by molar-refractivity contribution is -0.151. The van der Waals surface area contributed by atoms with Crippen molar-refractivity contribution in [1.29, 1.82) is 0 Å². The van der Waals surface area contributed by atoms with Crippen molar-refractivity contribution in [2.45, 2.75) is 44.2 Å². The van der Waals surface area contributed by atoms with Gasteiger partial charge in [-0.15, -0.1) is 0 Å². The summed E-state index contributed by atoms with van der Waals surface area (Å²) in [6.07, 6.45) is 4.00. The van der Waals surface area contributed by atoms with Crippen molar-refractivity contribution in [2.75, 3.05) is 13.2 Å². The van der Waals surface area contributed by atoms with Gasteiger partial charge in [-0.3, -0.25) is 19.3 Å². The lowest BCUT2D eigenvalue weighted by Crippen LogP contribution is -2.42. The zero-order valence-electron chi connectivity index (χ0n) is 17.3. The number of amides is 4. The van der Waals surface area contributed by atoms with Crippen LogP contribution in [-0.2, 0) is 24.7 Å². The van der Waals surface area contributed by atoms with Crippen LogP contribution in [0.15, 0.2) is 42.5 Å². The van der Waals surface area contributed by atoms with Gasteiger partial charge in [0.05, 0.1) is 0 Å². The zero-order chi connectivity index (χ0) is 22.0. The Morgan fingerprint density at radius 1 is 1.13 bits per heavy atom. The minimum absolute atomic E-state index is 0.125. The molecule has 1 aliphatic heterocycles. The van der Waals surface area contributed by atoms with Crippen LogP contribution in [0.1, 0.15) is 38.2 Å². The Labute approximate surface area is 179 Å². The van der Waals surface area contributed by atoms with Crippen molar-refractivity contribution < 1.29 is 23.9 Å². The van der Waals surface area contributed by atoms with Crippen LogP contribution in [0.25, 0.3) is 10.8 Å². The zero-order valence-corrected chi connectivity index (χ0v) is 17.3. The van der Waals surface area contributed by atoms with Crippen molar-refractivity contribution in [3.05, 3.63) is 48.0 Å². The van der Waals surface area contributed by atoms with E-state index in [0.717, 1.165) is 41.4 Å². The summed E-state index contributed by atoms with van der Waals surface area (Å²) in [6.45, 7) is 0.628. The number of fused-ring (bicyclic) bond motifs is 1. The number of hydrogen-bond donors (Lipinski definition) is 2. The SMILES string of the molecule is C[C@]1(c2ccc3ccccc3c2)NC(=O)N(CC(=O)OCC(=O)NC2CCCC2)C1=O. The van der Waals surface area contributed by atoms with E-state index in [9.17, 15) is 19.2 Å². The van der Waals surface area contributed by atoms with E-state index >= 15 is 0 Å². The monoisotopic (exact) mass is 423 g/mol.